The van der Waals surface area contributed by atoms with Crippen LogP contribution >= 0.6 is 0 Å². The molecule has 2 aliphatic heterocycles. The number of piperidine rings is 1. The van der Waals surface area contributed by atoms with Crippen LogP contribution in [0.5, 0.6) is 0 Å². The molecule has 0 radical (unpaired) electrons. The lowest BCUT2D eigenvalue weighted by atomic mass is 9.93. The van der Waals surface area contributed by atoms with Crippen LogP contribution in [0.4, 0.5) is 4.79 Å². The summed E-state index contributed by atoms with van der Waals surface area (Å²) in [5.74, 6) is 0.206. The van der Waals surface area contributed by atoms with Gasteiger partial charge in [-0.3, -0.25) is 9.69 Å². The van der Waals surface area contributed by atoms with Gasteiger partial charge in [0.2, 0.25) is 0 Å². The Balaban J connectivity index is 1.82. The average Bonchev–Trinajstić information content (AvgIpc) is 2.45. The lowest BCUT2D eigenvalue weighted by Crippen LogP contribution is -2.47. The molecule has 22 heavy (non-hydrogen) atoms. The molecule has 2 fully saturated rings. The van der Waals surface area contributed by atoms with Crippen molar-refractivity contribution in [3.05, 3.63) is 0 Å². The van der Waals surface area contributed by atoms with Crippen molar-refractivity contribution < 1.29 is 19.1 Å². The Morgan fingerprint density at radius 3 is 2.59 bits per heavy atom. The van der Waals surface area contributed by atoms with Gasteiger partial charge in [0.1, 0.15) is 11.4 Å². The number of ether oxygens (including phenoxy) is 2. The Morgan fingerprint density at radius 2 is 1.95 bits per heavy atom. The fraction of sp³-hybridized carbons (Fsp3) is 0.875. The molecule has 1 unspecified atom stereocenters. The van der Waals surface area contributed by atoms with E-state index in [0.717, 1.165) is 39.3 Å². The quantitative estimate of drug-likeness (QED) is 0.791. The summed E-state index contributed by atoms with van der Waals surface area (Å²) in [7, 11) is 0. The molecule has 0 saturated carbocycles. The highest BCUT2D eigenvalue weighted by Gasteiger charge is 2.32. The number of hydrogen-bond donors (Lipinski definition) is 0. The summed E-state index contributed by atoms with van der Waals surface area (Å²) >= 11 is 0. The smallest absolute Gasteiger partial charge is 0.410 e. The number of carbonyl (C=O) groups excluding carboxylic acids is 2. The predicted octanol–water partition coefficient (Wildman–Crippen LogP) is 1.53. The first-order valence-corrected chi connectivity index (χ1v) is 8.16. The topological polar surface area (TPSA) is 59.1 Å². The molecule has 0 aliphatic carbocycles. The Bertz CT molecular complexity index is 399. The predicted molar refractivity (Wildman–Crippen MR) is 82.8 cm³/mol. The van der Waals surface area contributed by atoms with Gasteiger partial charge >= 0.3 is 6.09 Å². The summed E-state index contributed by atoms with van der Waals surface area (Å²) in [5.41, 5.74) is -0.498. The van der Waals surface area contributed by atoms with Crippen molar-refractivity contribution >= 4 is 11.9 Å². The van der Waals surface area contributed by atoms with E-state index in [1.54, 1.807) is 4.90 Å². The maximum absolute atomic E-state index is 12.1. The Hall–Kier alpha value is -1.14. The zero-order chi connectivity index (χ0) is 16.2. The van der Waals surface area contributed by atoms with Gasteiger partial charge in [-0.2, -0.15) is 0 Å². The number of morpholine rings is 1. The van der Waals surface area contributed by atoms with E-state index in [4.69, 9.17) is 9.47 Å². The third-order valence-electron chi connectivity index (χ3n) is 4.07. The van der Waals surface area contributed by atoms with Crippen LogP contribution in [0.15, 0.2) is 0 Å². The molecule has 0 N–H and O–H groups in total. The van der Waals surface area contributed by atoms with Crippen LogP contribution in [-0.4, -0.2) is 73.2 Å². The summed E-state index contributed by atoms with van der Waals surface area (Å²) in [5, 5.41) is 0. The maximum Gasteiger partial charge on any atom is 0.410 e. The number of nitrogens with zero attached hydrogens (tertiary/aromatic N) is 2. The largest absolute Gasteiger partial charge is 0.444 e. The van der Waals surface area contributed by atoms with E-state index >= 15 is 0 Å². The van der Waals surface area contributed by atoms with Gasteiger partial charge in [0.15, 0.2) is 0 Å². The number of amides is 1. The van der Waals surface area contributed by atoms with Crippen LogP contribution in [0.2, 0.25) is 0 Å². The lowest BCUT2D eigenvalue weighted by molar-refractivity contribution is -0.126. The van der Waals surface area contributed by atoms with Crippen LogP contribution in [0, 0.1) is 5.92 Å². The zero-order valence-electron chi connectivity index (χ0n) is 14.0. The van der Waals surface area contributed by atoms with Crippen LogP contribution in [-0.2, 0) is 14.3 Å². The van der Waals surface area contributed by atoms with Crippen molar-refractivity contribution in [1.29, 1.82) is 0 Å². The highest BCUT2D eigenvalue weighted by atomic mass is 16.6. The molecular formula is C16H28N2O4. The Kier molecular flexibility index (Phi) is 5.81. The van der Waals surface area contributed by atoms with Crippen molar-refractivity contribution in [3.8, 4) is 0 Å². The minimum atomic E-state index is -0.498. The van der Waals surface area contributed by atoms with E-state index < -0.39 is 5.60 Å². The first-order chi connectivity index (χ1) is 10.3. The molecule has 2 aliphatic rings. The lowest BCUT2D eigenvalue weighted by Gasteiger charge is -2.34. The van der Waals surface area contributed by atoms with E-state index in [2.05, 4.69) is 4.90 Å². The molecule has 2 heterocycles. The van der Waals surface area contributed by atoms with Gasteiger partial charge in [0.05, 0.1) is 13.2 Å². The normalized spacial score (nSPS) is 24.4. The molecule has 0 bridgehead atoms. The van der Waals surface area contributed by atoms with Gasteiger partial charge in [-0.25, -0.2) is 4.79 Å². The second-order valence-electron chi connectivity index (χ2n) is 7.08. The number of ketones is 1. The molecule has 1 atom stereocenters. The molecule has 0 aromatic rings. The minimum absolute atomic E-state index is 0.0656. The monoisotopic (exact) mass is 312 g/mol. The molecule has 2 saturated heterocycles. The molecule has 2 rings (SSSR count). The van der Waals surface area contributed by atoms with Gasteiger partial charge < -0.3 is 14.4 Å². The molecule has 1 amide bonds. The van der Waals surface area contributed by atoms with Crippen LogP contribution in [0.25, 0.3) is 0 Å². The second kappa shape index (κ2) is 7.42. The van der Waals surface area contributed by atoms with Gasteiger partial charge in [0.25, 0.3) is 0 Å². The number of rotatable bonds is 3. The van der Waals surface area contributed by atoms with Gasteiger partial charge in [0, 0.05) is 38.5 Å². The molecular weight excluding hydrogens is 284 g/mol. The zero-order valence-corrected chi connectivity index (χ0v) is 14.0. The van der Waals surface area contributed by atoms with Crippen molar-refractivity contribution in [3.63, 3.8) is 0 Å². The standard InChI is InChI=1S/C16H28N2O4/c1-16(2,3)22-15(20)18-7-5-14(19)13(12-18)4-6-17-8-10-21-11-9-17/h13H,4-12H2,1-3H3. The molecule has 0 aromatic heterocycles. The first-order valence-electron chi connectivity index (χ1n) is 8.16. The van der Waals surface area contributed by atoms with Crippen molar-refractivity contribution in [2.45, 2.75) is 39.2 Å². The Labute approximate surface area is 132 Å². The number of Topliss-reactive ketones (excluding diaryl/α,β-unsaturated/α-hetero) is 1. The molecule has 6 heteroatoms. The van der Waals surface area contributed by atoms with E-state index in [-0.39, 0.29) is 17.8 Å². The summed E-state index contributed by atoms with van der Waals surface area (Å²) < 4.78 is 10.7. The van der Waals surface area contributed by atoms with Gasteiger partial charge in [-0.05, 0) is 33.7 Å². The van der Waals surface area contributed by atoms with E-state index in [1.165, 1.54) is 0 Å². The third kappa shape index (κ3) is 5.25. The van der Waals surface area contributed by atoms with Crippen molar-refractivity contribution in [2.75, 3.05) is 45.9 Å². The first kappa shape index (κ1) is 17.2. The maximum atomic E-state index is 12.1. The summed E-state index contributed by atoms with van der Waals surface area (Å²) in [6.45, 7) is 10.8. The van der Waals surface area contributed by atoms with E-state index in [1.807, 2.05) is 20.8 Å². The number of hydrogen-bond acceptors (Lipinski definition) is 5. The highest BCUT2D eigenvalue weighted by molar-refractivity contribution is 5.84. The highest BCUT2D eigenvalue weighted by Crippen LogP contribution is 2.20. The van der Waals surface area contributed by atoms with Crippen molar-refractivity contribution in [1.82, 2.24) is 9.80 Å². The third-order valence-corrected chi connectivity index (χ3v) is 4.07. The van der Waals surface area contributed by atoms with E-state index in [0.29, 0.717) is 19.5 Å². The second-order valence-corrected chi connectivity index (χ2v) is 7.08. The van der Waals surface area contributed by atoms with E-state index in [9.17, 15) is 9.59 Å². The van der Waals surface area contributed by atoms with Crippen LogP contribution in [0.1, 0.15) is 33.6 Å². The summed E-state index contributed by atoms with van der Waals surface area (Å²) in [4.78, 5) is 28.2. The number of likely N-dealkylation sites (tertiary alicyclic amines) is 1. The van der Waals surface area contributed by atoms with Gasteiger partial charge in [-0.15, -0.1) is 0 Å². The fourth-order valence-corrected chi connectivity index (χ4v) is 2.82. The van der Waals surface area contributed by atoms with Crippen LogP contribution in [0.3, 0.4) is 0 Å². The summed E-state index contributed by atoms with van der Waals surface area (Å²) in [6, 6.07) is 0. The Morgan fingerprint density at radius 1 is 1.27 bits per heavy atom. The molecule has 6 nitrogen and oxygen atoms in total. The molecule has 126 valence electrons. The average molecular weight is 312 g/mol. The van der Waals surface area contributed by atoms with Crippen molar-refractivity contribution in [2.24, 2.45) is 5.92 Å². The minimum Gasteiger partial charge on any atom is -0.444 e. The number of carbonyl (C=O) groups is 2. The van der Waals surface area contributed by atoms with Gasteiger partial charge in [-0.1, -0.05) is 0 Å². The fourth-order valence-electron chi connectivity index (χ4n) is 2.82. The summed E-state index contributed by atoms with van der Waals surface area (Å²) in [6.07, 6.45) is 0.932. The SMILES string of the molecule is CC(C)(C)OC(=O)N1CCC(=O)C(CCN2CCOCC2)C1. The van der Waals surface area contributed by atoms with Crippen LogP contribution < -0.4 is 0 Å². The molecule has 0 aromatic carbocycles. The molecule has 0 spiro atoms.